The third-order valence-electron chi connectivity index (χ3n) is 3.94. The zero-order chi connectivity index (χ0) is 21.7. The van der Waals surface area contributed by atoms with E-state index in [0.29, 0.717) is 18.8 Å². The van der Waals surface area contributed by atoms with Crippen molar-refractivity contribution in [1.29, 1.82) is 0 Å². The van der Waals surface area contributed by atoms with E-state index in [9.17, 15) is 19.2 Å². The van der Waals surface area contributed by atoms with Crippen molar-refractivity contribution >= 4 is 23.6 Å². The van der Waals surface area contributed by atoms with E-state index in [1.807, 2.05) is 27.7 Å². The molecule has 0 aromatic heterocycles. The van der Waals surface area contributed by atoms with Gasteiger partial charge in [-0.2, -0.15) is 0 Å². The molecule has 2 unspecified atom stereocenters. The molecule has 0 aromatic rings. The van der Waals surface area contributed by atoms with Gasteiger partial charge in [-0.1, -0.05) is 27.7 Å². The predicted octanol–water partition coefficient (Wildman–Crippen LogP) is 1.61. The van der Waals surface area contributed by atoms with Crippen molar-refractivity contribution < 1.29 is 28.7 Å². The Morgan fingerprint density at radius 2 is 1.25 bits per heavy atom. The van der Waals surface area contributed by atoms with Crippen LogP contribution in [0.2, 0.25) is 0 Å². The molecule has 8 heteroatoms. The molecular formula is C20H36N2O6. The number of carbonyl (C=O) groups excluding carboxylic acids is 4. The highest BCUT2D eigenvalue weighted by atomic mass is 16.6. The molecule has 2 atom stereocenters. The maximum atomic E-state index is 12.3. The van der Waals surface area contributed by atoms with E-state index in [-0.39, 0.29) is 49.6 Å². The van der Waals surface area contributed by atoms with Crippen LogP contribution in [0.25, 0.3) is 0 Å². The summed E-state index contributed by atoms with van der Waals surface area (Å²) in [6, 6.07) is -1.19. The number of likely N-dealkylation sites (N-methyl/N-ethyl adjacent to an activating group) is 1. The molecule has 0 radical (unpaired) electrons. The number of rotatable bonds is 14. The van der Waals surface area contributed by atoms with Crippen molar-refractivity contribution in [3.63, 3.8) is 0 Å². The van der Waals surface area contributed by atoms with Crippen LogP contribution < -0.4 is 10.6 Å². The molecule has 8 nitrogen and oxygen atoms in total. The fraction of sp³-hybridized carbons (Fsp3) is 0.800. The number of ether oxygens (including phenoxy) is 2. The SMILES string of the molecule is CNC(CC(C)C)C(=O)OCCOC(=O)C(CC(C)C)NC(=O)CCC(C)=O. The Kier molecular flexibility index (Phi) is 13.1. The minimum Gasteiger partial charge on any atom is -0.461 e. The first-order chi connectivity index (χ1) is 13.1. The van der Waals surface area contributed by atoms with Crippen molar-refractivity contribution in [2.24, 2.45) is 11.8 Å². The minimum absolute atomic E-state index is 0.0378. The lowest BCUT2D eigenvalue weighted by Gasteiger charge is -2.20. The van der Waals surface area contributed by atoms with Gasteiger partial charge < -0.3 is 24.9 Å². The van der Waals surface area contributed by atoms with Crippen LogP contribution in [0, 0.1) is 11.8 Å². The van der Waals surface area contributed by atoms with Gasteiger partial charge in [-0.3, -0.25) is 9.59 Å². The molecule has 0 aliphatic carbocycles. The predicted molar refractivity (Wildman–Crippen MR) is 106 cm³/mol. The van der Waals surface area contributed by atoms with Gasteiger partial charge in [0.2, 0.25) is 5.91 Å². The van der Waals surface area contributed by atoms with E-state index in [4.69, 9.17) is 9.47 Å². The second kappa shape index (κ2) is 14.1. The Morgan fingerprint density at radius 1 is 0.786 bits per heavy atom. The summed E-state index contributed by atoms with van der Waals surface area (Å²) in [5, 5.41) is 5.53. The molecule has 0 rings (SSSR count). The smallest absolute Gasteiger partial charge is 0.328 e. The van der Waals surface area contributed by atoms with Gasteiger partial charge in [-0.15, -0.1) is 0 Å². The number of esters is 2. The summed E-state index contributed by atoms with van der Waals surface area (Å²) in [6.07, 6.45) is 1.24. The lowest BCUT2D eigenvalue weighted by atomic mass is 10.0. The summed E-state index contributed by atoms with van der Waals surface area (Å²) in [5.41, 5.74) is 0. The van der Waals surface area contributed by atoms with E-state index < -0.39 is 18.1 Å². The summed E-state index contributed by atoms with van der Waals surface area (Å²) in [7, 11) is 1.69. The van der Waals surface area contributed by atoms with Gasteiger partial charge >= 0.3 is 11.9 Å². The first-order valence-corrected chi connectivity index (χ1v) is 9.86. The minimum atomic E-state index is -0.791. The van der Waals surface area contributed by atoms with E-state index in [1.54, 1.807) is 7.05 Å². The number of nitrogens with one attached hydrogen (secondary N) is 2. The molecule has 0 aliphatic rings. The van der Waals surface area contributed by atoms with Crippen molar-refractivity contribution in [2.75, 3.05) is 20.3 Å². The van der Waals surface area contributed by atoms with Gasteiger partial charge in [0.1, 0.15) is 31.1 Å². The molecule has 0 spiro atoms. The van der Waals surface area contributed by atoms with E-state index in [0.717, 1.165) is 0 Å². The van der Waals surface area contributed by atoms with Gasteiger partial charge in [0.15, 0.2) is 0 Å². The quantitative estimate of drug-likeness (QED) is 0.337. The van der Waals surface area contributed by atoms with Crippen LogP contribution in [0.5, 0.6) is 0 Å². The topological polar surface area (TPSA) is 111 Å². The summed E-state index contributed by atoms with van der Waals surface area (Å²) in [6.45, 7) is 9.16. The van der Waals surface area contributed by atoms with Crippen LogP contribution in [0.4, 0.5) is 0 Å². The van der Waals surface area contributed by atoms with Gasteiger partial charge in [-0.05, 0) is 38.6 Å². The summed E-state index contributed by atoms with van der Waals surface area (Å²) in [5.74, 6) is -0.911. The average molecular weight is 401 g/mol. The normalized spacial score (nSPS) is 13.1. The van der Waals surface area contributed by atoms with Crippen molar-refractivity contribution in [3.05, 3.63) is 0 Å². The molecule has 28 heavy (non-hydrogen) atoms. The summed E-state index contributed by atoms with van der Waals surface area (Å²) >= 11 is 0. The van der Waals surface area contributed by atoms with Gasteiger partial charge in [0.05, 0.1) is 0 Å². The Hall–Kier alpha value is -1.96. The molecule has 0 fully saturated rings. The second-order valence-electron chi connectivity index (χ2n) is 7.76. The second-order valence-corrected chi connectivity index (χ2v) is 7.76. The fourth-order valence-corrected chi connectivity index (χ4v) is 2.53. The first kappa shape index (κ1) is 26.0. The first-order valence-electron chi connectivity index (χ1n) is 9.86. The van der Waals surface area contributed by atoms with E-state index in [1.165, 1.54) is 6.92 Å². The van der Waals surface area contributed by atoms with E-state index in [2.05, 4.69) is 10.6 Å². The Labute approximate surface area is 168 Å². The Bertz CT molecular complexity index is 519. The number of amides is 1. The number of hydrogen-bond donors (Lipinski definition) is 2. The average Bonchev–Trinajstić information content (AvgIpc) is 2.59. The molecule has 0 heterocycles. The van der Waals surface area contributed by atoms with Gasteiger partial charge in [-0.25, -0.2) is 4.79 Å². The van der Waals surface area contributed by atoms with Crippen molar-refractivity contribution in [3.8, 4) is 0 Å². The molecule has 162 valence electrons. The van der Waals surface area contributed by atoms with Crippen molar-refractivity contribution in [2.45, 2.75) is 72.4 Å². The van der Waals surface area contributed by atoms with E-state index >= 15 is 0 Å². The molecule has 2 N–H and O–H groups in total. The van der Waals surface area contributed by atoms with Crippen LogP contribution in [0.15, 0.2) is 0 Å². The monoisotopic (exact) mass is 400 g/mol. The number of Topliss-reactive ketones (excluding diaryl/α,β-unsaturated/α-hetero) is 1. The highest BCUT2D eigenvalue weighted by Gasteiger charge is 2.24. The zero-order valence-corrected chi connectivity index (χ0v) is 18.0. The van der Waals surface area contributed by atoms with Crippen LogP contribution in [0.1, 0.15) is 60.3 Å². The highest BCUT2D eigenvalue weighted by Crippen LogP contribution is 2.08. The molecule has 0 bridgehead atoms. The maximum Gasteiger partial charge on any atom is 0.328 e. The molecule has 0 aromatic carbocycles. The molecule has 0 saturated carbocycles. The Balaban J connectivity index is 4.45. The van der Waals surface area contributed by atoms with Gasteiger partial charge in [0, 0.05) is 12.8 Å². The van der Waals surface area contributed by atoms with Crippen LogP contribution >= 0.6 is 0 Å². The lowest BCUT2D eigenvalue weighted by Crippen LogP contribution is -2.43. The van der Waals surface area contributed by atoms with Crippen LogP contribution in [-0.2, 0) is 28.7 Å². The highest BCUT2D eigenvalue weighted by molar-refractivity contribution is 5.87. The zero-order valence-electron chi connectivity index (χ0n) is 18.0. The third-order valence-corrected chi connectivity index (χ3v) is 3.94. The molecule has 0 aliphatic heterocycles. The molecular weight excluding hydrogens is 364 g/mol. The molecule has 0 saturated heterocycles. The van der Waals surface area contributed by atoms with Crippen LogP contribution in [0.3, 0.4) is 0 Å². The number of hydrogen-bond acceptors (Lipinski definition) is 7. The maximum absolute atomic E-state index is 12.3. The van der Waals surface area contributed by atoms with Crippen LogP contribution in [-0.4, -0.2) is 56.0 Å². The summed E-state index contributed by atoms with van der Waals surface area (Å²) < 4.78 is 10.3. The standard InChI is InChI=1S/C20H36N2O6/c1-13(2)11-16(21-6)19(25)27-9-10-28-20(26)17(12-14(3)4)22-18(24)8-7-15(5)23/h13-14,16-17,21H,7-12H2,1-6H3,(H,22,24). The Morgan fingerprint density at radius 3 is 1.68 bits per heavy atom. The third kappa shape index (κ3) is 12.4. The summed E-state index contributed by atoms with van der Waals surface area (Å²) in [4.78, 5) is 47.2. The fourth-order valence-electron chi connectivity index (χ4n) is 2.53. The largest absolute Gasteiger partial charge is 0.461 e. The van der Waals surface area contributed by atoms with Gasteiger partial charge in [0.25, 0.3) is 0 Å². The number of ketones is 1. The molecule has 1 amide bonds. The lowest BCUT2D eigenvalue weighted by molar-refractivity contribution is -0.155. The van der Waals surface area contributed by atoms with Crippen molar-refractivity contribution in [1.82, 2.24) is 10.6 Å². The number of carbonyl (C=O) groups is 4.